The van der Waals surface area contributed by atoms with E-state index in [-0.39, 0.29) is 10.6 Å². The van der Waals surface area contributed by atoms with Gasteiger partial charge in [0.15, 0.2) is 6.20 Å². The maximum Gasteiger partial charge on any atom is 0.301 e. The predicted molar refractivity (Wildman–Crippen MR) is 118 cm³/mol. The molecule has 0 radical (unpaired) electrons. The molecule has 0 aromatic heterocycles. The Labute approximate surface area is 175 Å². The van der Waals surface area contributed by atoms with Crippen molar-refractivity contribution in [3.05, 3.63) is 36.2 Å². The van der Waals surface area contributed by atoms with Crippen LogP contribution in [0.3, 0.4) is 0 Å². The van der Waals surface area contributed by atoms with Crippen LogP contribution in [0.4, 0.5) is 11.4 Å². The van der Waals surface area contributed by atoms with Crippen molar-refractivity contribution in [1.82, 2.24) is 10.3 Å². The van der Waals surface area contributed by atoms with Crippen LogP contribution in [-0.4, -0.2) is 59.8 Å². The average Bonchev–Trinajstić information content (AvgIpc) is 3.22. The molecule has 3 N–H and O–H groups in total. The number of benzene rings is 1. The number of hydrogen-bond donors (Lipinski definition) is 3. The van der Waals surface area contributed by atoms with E-state index in [4.69, 9.17) is 10.1 Å². The highest BCUT2D eigenvalue weighted by Gasteiger charge is 2.47. The number of rotatable bonds is 3. The normalized spacial score (nSPS) is 28.7. The first kappa shape index (κ1) is 19.1. The molecule has 156 valence electrons. The van der Waals surface area contributed by atoms with Crippen molar-refractivity contribution in [2.45, 2.75) is 38.1 Å². The van der Waals surface area contributed by atoms with Crippen LogP contribution in [0, 0.1) is 0 Å². The molecule has 1 fully saturated rings. The van der Waals surface area contributed by atoms with Gasteiger partial charge in [0.05, 0.1) is 17.7 Å². The van der Waals surface area contributed by atoms with Gasteiger partial charge >= 0.3 is 5.84 Å². The molecule has 4 heterocycles. The highest BCUT2D eigenvalue weighted by atomic mass is 16.2. The molecule has 4 aliphatic heterocycles. The van der Waals surface area contributed by atoms with E-state index in [0.717, 1.165) is 48.7 Å². The van der Waals surface area contributed by atoms with Crippen molar-refractivity contribution in [2.75, 3.05) is 30.8 Å². The fourth-order valence-electron chi connectivity index (χ4n) is 4.46. The maximum absolute atomic E-state index is 12.2. The first-order valence-corrected chi connectivity index (χ1v) is 10.4. The first-order valence-electron chi connectivity index (χ1n) is 10.4. The number of carbonyl (C=O) groups is 1. The van der Waals surface area contributed by atoms with Crippen molar-refractivity contribution in [1.29, 1.82) is 0 Å². The number of guanidine groups is 1. The van der Waals surface area contributed by atoms with Gasteiger partial charge in [-0.25, -0.2) is 0 Å². The second-order valence-electron chi connectivity index (χ2n) is 8.66. The third kappa shape index (κ3) is 2.89. The van der Waals surface area contributed by atoms with E-state index >= 15 is 0 Å². The largest absolute Gasteiger partial charge is 0.325 e. The van der Waals surface area contributed by atoms with Crippen LogP contribution in [0.2, 0.25) is 0 Å². The number of carbonyl (C=O) groups excluding carboxylic acids is 1. The van der Waals surface area contributed by atoms with Gasteiger partial charge in [0.2, 0.25) is 5.91 Å². The fraction of sp³-hybridized carbons (Fsp3) is 0.429. The van der Waals surface area contributed by atoms with E-state index in [9.17, 15) is 4.79 Å². The number of amides is 1. The minimum atomic E-state index is -0.521. The number of nitrogens with one attached hydrogen (secondary N) is 3. The molecule has 2 atom stereocenters. The van der Waals surface area contributed by atoms with Crippen LogP contribution in [-0.2, 0) is 10.2 Å². The van der Waals surface area contributed by atoms with E-state index in [1.165, 1.54) is 0 Å². The summed E-state index contributed by atoms with van der Waals surface area (Å²) in [5.41, 5.74) is 2.14. The molecular formula is C21H27N8O+. The highest BCUT2D eigenvalue weighted by Crippen LogP contribution is 2.38. The summed E-state index contributed by atoms with van der Waals surface area (Å²) in [7, 11) is 2.08. The average molecular weight is 408 g/mol. The lowest BCUT2D eigenvalue weighted by Crippen LogP contribution is -2.61. The number of aliphatic imine (C=N–C) groups is 2. The number of fused-ring (bicyclic) bond motifs is 2. The van der Waals surface area contributed by atoms with Crippen LogP contribution < -0.4 is 16.0 Å². The Morgan fingerprint density at radius 1 is 1.33 bits per heavy atom. The van der Waals surface area contributed by atoms with Crippen molar-refractivity contribution < 1.29 is 9.50 Å². The van der Waals surface area contributed by atoms with Gasteiger partial charge < -0.3 is 16.0 Å². The van der Waals surface area contributed by atoms with Crippen LogP contribution in [0.15, 0.2) is 45.7 Å². The molecular weight excluding hydrogens is 380 g/mol. The summed E-state index contributed by atoms with van der Waals surface area (Å²) >= 11 is 0. The van der Waals surface area contributed by atoms with Gasteiger partial charge in [-0.2, -0.15) is 0 Å². The third-order valence-corrected chi connectivity index (χ3v) is 6.40. The first-order chi connectivity index (χ1) is 14.4. The van der Waals surface area contributed by atoms with Crippen molar-refractivity contribution >= 4 is 35.3 Å². The zero-order valence-electron chi connectivity index (χ0n) is 17.5. The van der Waals surface area contributed by atoms with Gasteiger partial charge in [-0.1, -0.05) is 6.07 Å². The summed E-state index contributed by atoms with van der Waals surface area (Å²) in [6.45, 7) is 5.85. The van der Waals surface area contributed by atoms with Crippen LogP contribution in [0.25, 0.3) is 0 Å². The Morgan fingerprint density at radius 3 is 3.00 bits per heavy atom. The Balaban J connectivity index is 1.43. The quantitative estimate of drug-likeness (QED) is 0.668. The zero-order chi connectivity index (χ0) is 20.9. The van der Waals surface area contributed by atoms with Gasteiger partial charge in [0, 0.05) is 25.0 Å². The number of hydrogen-bond acceptors (Lipinski definition) is 7. The maximum atomic E-state index is 12.2. The standard InChI is InChI=1S/C21H26N8O/c1-21(2)16-7-6-14(11-17(16)25-19(21)30)24-20-26-18-13-23-9-10-29(18,27-20)28(3)15-5-4-8-22-12-15/h6-7,9-11,13,15,22H,4-5,8,12H2,1-3H3,(H-,24,25,27,30)/p+1. The number of quaternary nitrogens is 1. The van der Waals surface area contributed by atoms with Crippen LogP contribution >= 0.6 is 0 Å². The molecule has 9 nitrogen and oxygen atoms in total. The van der Waals surface area contributed by atoms with Gasteiger partial charge in [-0.3, -0.25) is 9.79 Å². The number of amidine groups is 1. The molecule has 1 amide bonds. The molecule has 1 saturated heterocycles. The summed E-state index contributed by atoms with van der Waals surface area (Å²) in [6, 6.07) is 6.23. The number of anilines is 2. The number of nitrogens with zero attached hydrogens (tertiary/aromatic N) is 5. The Hall–Kier alpha value is -2.88. The predicted octanol–water partition coefficient (Wildman–Crippen LogP) is 1.98. The van der Waals surface area contributed by atoms with Gasteiger partial charge in [-0.15, -0.1) is 10.0 Å². The molecule has 0 aliphatic carbocycles. The lowest BCUT2D eigenvalue weighted by Gasteiger charge is -2.38. The van der Waals surface area contributed by atoms with Crippen molar-refractivity contribution in [2.24, 2.45) is 15.1 Å². The molecule has 1 aromatic carbocycles. The zero-order valence-corrected chi connectivity index (χ0v) is 17.5. The minimum absolute atomic E-state index is 0.0128. The SMILES string of the molecule is CN(C1CCCNC1)[N+]12C=CN=CC1=NC(Nc1ccc3c(c1)NC(=O)C3(C)C)=N2. The number of piperidine rings is 1. The molecule has 0 spiro atoms. The molecule has 30 heavy (non-hydrogen) atoms. The summed E-state index contributed by atoms with van der Waals surface area (Å²) < 4.78 is 0.173. The molecule has 9 heteroatoms. The lowest BCUT2D eigenvalue weighted by molar-refractivity contribution is -0.918. The molecule has 1 aromatic rings. The van der Waals surface area contributed by atoms with Crippen LogP contribution in [0.1, 0.15) is 32.3 Å². The van der Waals surface area contributed by atoms with Crippen LogP contribution in [0.5, 0.6) is 0 Å². The summed E-state index contributed by atoms with van der Waals surface area (Å²) in [6.07, 6.45) is 7.74. The van der Waals surface area contributed by atoms with Gasteiger partial charge in [0.25, 0.3) is 5.96 Å². The highest BCUT2D eigenvalue weighted by molar-refractivity contribution is 6.30. The molecule has 0 bridgehead atoms. The summed E-state index contributed by atoms with van der Waals surface area (Å²) in [5.74, 6) is 1.28. The molecule has 0 saturated carbocycles. The van der Waals surface area contributed by atoms with E-state index in [1.807, 2.05) is 38.2 Å². The molecule has 2 unspecified atom stereocenters. The summed E-state index contributed by atoms with van der Waals surface area (Å²) in [4.78, 5) is 21.2. The lowest BCUT2D eigenvalue weighted by atomic mass is 9.86. The van der Waals surface area contributed by atoms with Gasteiger partial charge in [-0.05, 0) is 60.7 Å². The second kappa shape index (κ2) is 6.83. The van der Waals surface area contributed by atoms with E-state index in [2.05, 4.69) is 33.0 Å². The van der Waals surface area contributed by atoms with E-state index < -0.39 is 5.41 Å². The fourth-order valence-corrected chi connectivity index (χ4v) is 4.46. The monoisotopic (exact) mass is 407 g/mol. The minimum Gasteiger partial charge on any atom is -0.325 e. The summed E-state index contributed by atoms with van der Waals surface area (Å²) in [5, 5.41) is 16.9. The van der Waals surface area contributed by atoms with E-state index in [1.54, 1.807) is 12.4 Å². The third-order valence-electron chi connectivity index (χ3n) is 6.40. The van der Waals surface area contributed by atoms with E-state index in [0.29, 0.717) is 12.0 Å². The van der Waals surface area contributed by atoms with Crippen molar-refractivity contribution in [3.63, 3.8) is 0 Å². The number of likely N-dealkylation sites (N-methyl/N-ethyl adjacent to an activating group) is 1. The van der Waals surface area contributed by atoms with Crippen molar-refractivity contribution in [3.8, 4) is 0 Å². The Bertz CT molecular complexity index is 1020. The Kier molecular flexibility index (Phi) is 4.35. The molecule has 5 rings (SSSR count). The van der Waals surface area contributed by atoms with Gasteiger partial charge in [0.1, 0.15) is 6.21 Å². The smallest absolute Gasteiger partial charge is 0.301 e. The molecule has 4 aliphatic rings. The second-order valence-corrected chi connectivity index (χ2v) is 8.66. The topological polar surface area (TPSA) is 93.5 Å². The Morgan fingerprint density at radius 2 is 2.20 bits per heavy atom.